The van der Waals surface area contributed by atoms with Gasteiger partial charge in [-0.3, -0.25) is 4.79 Å². The third-order valence-corrected chi connectivity index (χ3v) is 5.55. The van der Waals surface area contributed by atoms with Crippen molar-refractivity contribution in [3.63, 3.8) is 0 Å². The van der Waals surface area contributed by atoms with Crippen LogP contribution in [-0.4, -0.2) is 31.5 Å². The standard InChI is InChI=1S/C27H24F3NO5/c1-34-21-7-5-18(6-8-21)24-16-36-25-12-22(9-10-23(25)26(24)33)35-15-20(32)14-31-13-17-3-2-4-19(11-17)27(28,29)30/h2-12,16,20,31-32H,13-15H2,1H3/t20-/m1/s1. The summed E-state index contributed by atoms with van der Waals surface area (Å²) < 4.78 is 54.9. The lowest BCUT2D eigenvalue weighted by Crippen LogP contribution is -2.31. The van der Waals surface area contributed by atoms with E-state index < -0.39 is 17.8 Å². The summed E-state index contributed by atoms with van der Waals surface area (Å²) in [6.45, 7) is 0.220. The number of alkyl halides is 3. The highest BCUT2D eigenvalue weighted by molar-refractivity contribution is 5.82. The normalized spacial score (nSPS) is 12.5. The summed E-state index contributed by atoms with van der Waals surface area (Å²) in [5, 5.41) is 13.5. The molecule has 0 saturated heterocycles. The number of fused-ring (bicyclic) bond motifs is 1. The zero-order valence-electron chi connectivity index (χ0n) is 19.3. The summed E-state index contributed by atoms with van der Waals surface area (Å²) in [6.07, 6.45) is -3.92. The van der Waals surface area contributed by atoms with Gasteiger partial charge < -0.3 is 24.3 Å². The van der Waals surface area contributed by atoms with E-state index in [2.05, 4.69) is 5.32 Å². The SMILES string of the molecule is COc1ccc(-c2coc3cc(OC[C@H](O)CNCc4cccc(C(F)(F)F)c4)ccc3c2=O)cc1. The van der Waals surface area contributed by atoms with Gasteiger partial charge in [0.25, 0.3) is 0 Å². The Balaban J connectivity index is 1.34. The highest BCUT2D eigenvalue weighted by Crippen LogP contribution is 2.29. The summed E-state index contributed by atoms with van der Waals surface area (Å²) in [4.78, 5) is 12.9. The molecule has 0 aliphatic heterocycles. The first-order chi connectivity index (χ1) is 17.2. The summed E-state index contributed by atoms with van der Waals surface area (Å²) in [5.74, 6) is 1.08. The van der Waals surface area contributed by atoms with Crippen LogP contribution in [0.4, 0.5) is 13.2 Å². The lowest BCUT2D eigenvalue weighted by atomic mass is 10.1. The average molecular weight is 499 g/mol. The molecule has 9 heteroatoms. The fourth-order valence-corrected chi connectivity index (χ4v) is 3.66. The molecule has 0 aliphatic carbocycles. The van der Waals surface area contributed by atoms with Crippen LogP contribution in [0.25, 0.3) is 22.1 Å². The number of rotatable bonds is 9. The van der Waals surface area contributed by atoms with Crippen LogP contribution < -0.4 is 20.2 Å². The number of methoxy groups -OCH3 is 1. The van der Waals surface area contributed by atoms with Crippen molar-refractivity contribution in [3.05, 3.63) is 94.3 Å². The molecule has 6 nitrogen and oxygen atoms in total. The van der Waals surface area contributed by atoms with Crippen molar-refractivity contribution in [2.45, 2.75) is 18.8 Å². The molecule has 1 aromatic heterocycles. The minimum atomic E-state index is -4.40. The topological polar surface area (TPSA) is 80.9 Å². The van der Waals surface area contributed by atoms with E-state index in [-0.39, 0.29) is 25.1 Å². The van der Waals surface area contributed by atoms with Gasteiger partial charge in [0.1, 0.15) is 36.1 Å². The minimum Gasteiger partial charge on any atom is -0.497 e. The fraction of sp³-hybridized carbons (Fsp3) is 0.222. The number of hydrogen-bond donors (Lipinski definition) is 2. The van der Waals surface area contributed by atoms with Gasteiger partial charge >= 0.3 is 6.18 Å². The third-order valence-electron chi connectivity index (χ3n) is 5.55. The molecule has 4 aromatic rings. The van der Waals surface area contributed by atoms with Gasteiger partial charge in [0.15, 0.2) is 5.43 Å². The summed E-state index contributed by atoms with van der Waals surface area (Å²) in [5.41, 5.74) is 1.01. The first kappa shape index (κ1) is 25.3. The Hall–Kier alpha value is -3.82. The number of ether oxygens (including phenoxy) is 2. The molecule has 4 rings (SSSR count). The van der Waals surface area contributed by atoms with Crippen LogP contribution in [0.5, 0.6) is 11.5 Å². The number of hydrogen-bond acceptors (Lipinski definition) is 6. The molecule has 0 spiro atoms. The molecule has 1 heterocycles. The predicted molar refractivity (Wildman–Crippen MR) is 129 cm³/mol. The molecular formula is C27H24F3NO5. The van der Waals surface area contributed by atoms with Crippen LogP contribution in [0.15, 0.2) is 82.2 Å². The summed E-state index contributed by atoms with van der Waals surface area (Å²) >= 11 is 0. The van der Waals surface area contributed by atoms with Gasteiger partial charge in [-0.1, -0.05) is 30.3 Å². The third kappa shape index (κ3) is 6.05. The van der Waals surface area contributed by atoms with Gasteiger partial charge in [-0.05, 0) is 41.5 Å². The number of aliphatic hydroxyl groups excluding tert-OH is 1. The largest absolute Gasteiger partial charge is 0.497 e. The van der Waals surface area contributed by atoms with Gasteiger partial charge in [-0.25, -0.2) is 0 Å². The number of aliphatic hydroxyl groups is 1. The van der Waals surface area contributed by atoms with Crippen molar-refractivity contribution in [2.24, 2.45) is 0 Å². The van der Waals surface area contributed by atoms with Gasteiger partial charge in [-0.15, -0.1) is 0 Å². The van der Waals surface area contributed by atoms with E-state index in [4.69, 9.17) is 13.9 Å². The molecule has 3 aromatic carbocycles. The van der Waals surface area contributed by atoms with Crippen molar-refractivity contribution in [1.29, 1.82) is 0 Å². The average Bonchev–Trinajstić information content (AvgIpc) is 2.87. The quantitative estimate of drug-likeness (QED) is 0.337. The Bertz CT molecular complexity index is 1380. The molecule has 0 aliphatic rings. The Morgan fingerprint density at radius 3 is 2.50 bits per heavy atom. The maximum atomic E-state index is 12.9. The molecule has 0 fully saturated rings. The second-order valence-corrected chi connectivity index (χ2v) is 8.16. The molecule has 0 saturated carbocycles. The second kappa shape index (κ2) is 10.8. The van der Waals surface area contributed by atoms with E-state index >= 15 is 0 Å². The molecule has 0 radical (unpaired) electrons. The first-order valence-electron chi connectivity index (χ1n) is 11.1. The first-order valence-corrected chi connectivity index (χ1v) is 11.1. The summed E-state index contributed by atoms with van der Waals surface area (Å²) in [7, 11) is 1.56. The van der Waals surface area contributed by atoms with E-state index in [9.17, 15) is 23.1 Å². The van der Waals surface area contributed by atoms with Crippen LogP contribution in [0.2, 0.25) is 0 Å². The highest BCUT2D eigenvalue weighted by Gasteiger charge is 2.30. The maximum Gasteiger partial charge on any atom is 0.416 e. The van der Waals surface area contributed by atoms with E-state index in [0.717, 1.165) is 12.1 Å². The van der Waals surface area contributed by atoms with Crippen molar-refractivity contribution in [1.82, 2.24) is 5.32 Å². The van der Waals surface area contributed by atoms with E-state index in [1.807, 2.05) is 0 Å². The molecule has 1 atom stereocenters. The lowest BCUT2D eigenvalue weighted by Gasteiger charge is -2.14. The Morgan fingerprint density at radius 2 is 1.78 bits per heavy atom. The Kier molecular flexibility index (Phi) is 7.61. The Labute approximate surface area is 204 Å². The van der Waals surface area contributed by atoms with Crippen molar-refractivity contribution >= 4 is 11.0 Å². The monoisotopic (exact) mass is 499 g/mol. The number of nitrogens with one attached hydrogen (secondary N) is 1. The second-order valence-electron chi connectivity index (χ2n) is 8.16. The van der Waals surface area contributed by atoms with Crippen LogP contribution in [0.3, 0.4) is 0 Å². The number of halogens is 3. The molecule has 2 N–H and O–H groups in total. The summed E-state index contributed by atoms with van der Waals surface area (Å²) in [6, 6.07) is 16.8. The Morgan fingerprint density at radius 1 is 1.03 bits per heavy atom. The van der Waals surface area contributed by atoms with Gasteiger partial charge in [0, 0.05) is 19.2 Å². The molecule has 0 unspecified atom stereocenters. The fourth-order valence-electron chi connectivity index (χ4n) is 3.66. The van der Waals surface area contributed by atoms with Crippen molar-refractivity contribution < 1.29 is 32.2 Å². The number of benzene rings is 3. The van der Waals surface area contributed by atoms with E-state index in [1.165, 1.54) is 12.3 Å². The van der Waals surface area contributed by atoms with Crippen LogP contribution in [-0.2, 0) is 12.7 Å². The predicted octanol–water partition coefficient (Wildman–Crippen LogP) is 5.02. The molecule has 0 bridgehead atoms. The molecule has 0 amide bonds. The maximum absolute atomic E-state index is 12.9. The van der Waals surface area contributed by atoms with E-state index in [1.54, 1.807) is 55.6 Å². The van der Waals surface area contributed by atoms with Crippen molar-refractivity contribution in [2.75, 3.05) is 20.3 Å². The van der Waals surface area contributed by atoms with Gasteiger partial charge in [0.2, 0.25) is 0 Å². The zero-order chi connectivity index (χ0) is 25.7. The zero-order valence-corrected chi connectivity index (χ0v) is 19.3. The van der Waals surface area contributed by atoms with Crippen LogP contribution >= 0.6 is 0 Å². The van der Waals surface area contributed by atoms with E-state index in [0.29, 0.717) is 39.2 Å². The minimum absolute atomic E-state index is 0.0603. The molecule has 36 heavy (non-hydrogen) atoms. The lowest BCUT2D eigenvalue weighted by molar-refractivity contribution is -0.137. The van der Waals surface area contributed by atoms with Gasteiger partial charge in [-0.2, -0.15) is 13.2 Å². The van der Waals surface area contributed by atoms with Gasteiger partial charge in [0.05, 0.1) is 23.6 Å². The molecular weight excluding hydrogens is 475 g/mol. The highest BCUT2D eigenvalue weighted by atomic mass is 19.4. The van der Waals surface area contributed by atoms with Crippen LogP contribution in [0, 0.1) is 0 Å². The smallest absolute Gasteiger partial charge is 0.416 e. The van der Waals surface area contributed by atoms with Crippen LogP contribution in [0.1, 0.15) is 11.1 Å². The van der Waals surface area contributed by atoms with Crippen molar-refractivity contribution in [3.8, 4) is 22.6 Å². The molecule has 188 valence electrons.